The number of hydrogen-bond donors (Lipinski definition) is 1. The molecule has 1 aliphatic heterocycles. The number of rotatable bonds is 6. The second kappa shape index (κ2) is 7.07. The highest BCUT2D eigenvalue weighted by molar-refractivity contribution is 7.99. The summed E-state index contributed by atoms with van der Waals surface area (Å²) in [5.74, 6) is 5.36. The van der Waals surface area contributed by atoms with Crippen LogP contribution in [0.3, 0.4) is 0 Å². The Morgan fingerprint density at radius 3 is 3.29 bits per heavy atom. The summed E-state index contributed by atoms with van der Waals surface area (Å²) >= 11 is 2.07. The van der Waals surface area contributed by atoms with Gasteiger partial charge in [-0.1, -0.05) is 0 Å². The third-order valence-electron chi connectivity index (χ3n) is 3.17. The maximum Gasteiger partial charge on any atom is 0.194 e. The standard InChI is InChI=1S/C13H22N2OS/c1-14-6-2-5-12-9-15-13(16-12)8-11-4-3-7-17-10-11/h9,11,14H,2-8,10H2,1H3. The molecule has 0 radical (unpaired) electrons. The Hall–Kier alpha value is -0.480. The van der Waals surface area contributed by atoms with Gasteiger partial charge in [0.15, 0.2) is 5.89 Å². The second-order valence-corrected chi connectivity index (χ2v) is 5.86. The minimum Gasteiger partial charge on any atom is -0.446 e. The molecule has 17 heavy (non-hydrogen) atoms. The molecule has 0 spiro atoms. The number of aromatic nitrogens is 1. The topological polar surface area (TPSA) is 38.1 Å². The molecule has 0 aromatic carbocycles. The van der Waals surface area contributed by atoms with Crippen LogP contribution >= 0.6 is 11.8 Å². The molecule has 1 saturated heterocycles. The first kappa shape index (κ1) is 13.0. The predicted octanol–water partition coefficient (Wildman–Crippen LogP) is 2.51. The average Bonchev–Trinajstić information content (AvgIpc) is 2.79. The fraction of sp³-hybridized carbons (Fsp3) is 0.769. The Kier molecular flexibility index (Phi) is 5.39. The van der Waals surface area contributed by atoms with Crippen molar-refractivity contribution in [3.05, 3.63) is 17.8 Å². The first-order valence-electron chi connectivity index (χ1n) is 6.54. The van der Waals surface area contributed by atoms with E-state index in [4.69, 9.17) is 4.42 Å². The lowest BCUT2D eigenvalue weighted by atomic mass is 10.0. The summed E-state index contributed by atoms with van der Waals surface area (Å²) in [5.41, 5.74) is 0. The van der Waals surface area contributed by atoms with E-state index in [9.17, 15) is 0 Å². The van der Waals surface area contributed by atoms with Crippen molar-refractivity contribution in [3.8, 4) is 0 Å². The van der Waals surface area contributed by atoms with Gasteiger partial charge < -0.3 is 9.73 Å². The van der Waals surface area contributed by atoms with Crippen LogP contribution in [0.4, 0.5) is 0 Å². The summed E-state index contributed by atoms with van der Waals surface area (Å²) in [5, 5.41) is 3.15. The van der Waals surface area contributed by atoms with E-state index in [-0.39, 0.29) is 0 Å². The van der Waals surface area contributed by atoms with Crippen molar-refractivity contribution >= 4 is 11.8 Å². The van der Waals surface area contributed by atoms with Crippen molar-refractivity contribution in [2.75, 3.05) is 25.1 Å². The second-order valence-electron chi connectivity index (χ2n) is 4.71. The largest absolute Gasteiger partial charge is 0.446 e. The maximum absolute atomic E-state index is 5.78. The highest BCUT2D eigenvalue weighted by Crippen LogP contribution is 2.25. The van der Waals surface area contributed by atoms with E-state index >= 15 is 0 Å². The van der Waals surface area contributed by atoms with E-state index in [1.54, 1.807) is 0 Å². The third kappa shape index (κ3) is 4.36. The zero-order chi connectivity index (χ0) is 11.9. The Morgan fingerprint density at radius 2 is 2.53 bits per heavy atom. The highest BCUT2D eigenvalue weighted by Gasteiger charge is 2.16. The van der Waals surface area contributed by atoms with Crippen LogP contribution in [-0.4, -0.2) is 30.1 Å². The lowest BCUT2D eigenvalue weighted by molar-refractivity contribution is 0.404. The van der Waals surface area contributed by atoms with Crippen molar-refractivity contribution in [1.29, 1.82) is 0 Å². The highest BCUT2D eigenvalue weighted by atomic mass is 32.2. The van der Waals surface area contributed by atoms with Gasteiger partial charge in [-0.15, -0.1) is 0 Å². The minimum atomic E-state index is 0.776. The third-order valence-corrected chi connectivity index (χ3v) is 4.45. The van der Waals surface area contributed by atoms with E-state index in [1.807, 2.05) is 13.2 Å². The van der Waals surface area contributed by atoms with Gasteiger partial charge in [-0.05, 0) is 50.3 Å². The number of thioether (sulfide) groups is 1. The van der Waals surface area contributed by atoms with E-state index in [0.717, 1.165) is 43.4 Å². The van der Waals surface area contributed by atoms with Gasteiger partial charge in [-0.25, -0.2) is 4.98 Å². The van der Waals surface area contributed by atoms with Crippen LogP contribution in [0, 0.1) is 5.92 Å². The molecule has 1 aromatic rings. The van der Waals surface area contributed by atoms with Gasteiger partial charge in [0, 0.05) is 12.8 Å². The van der Waals surface area contributed by atoms with E-state index in [1.165, 1.54) is 24.3 Å². The van der Waals surface area contributed by atoms with Crippen molar-refractivity contribution in [2.45, 2.75) is 32.1 Å². The van der Waals surface area contributed by atoms with Gasteiger partial charge in [0.05, 0.1) is 6.20 Å². The quantitative estimate of drug-likeness (QED) is 0.792. The number of nitrogens with zero attached hydrogens (tertiary/aromatic N) is 1. The van der Waals surface area contributed by atoms with E-state index < -0.39 is 0 Å². The molecule has 0 amide bonds. The first-order chi connectivity index (χ1) is 8.38. The van der Waals surface area contributed by atoms with E-state index in [0.29, 0.717) is 0 Å². The zero-order valence-electron chi connectivity index (χ0n) is 10.6. The molecule has 4 heteroatoms. The lowest BCUT2D eigenvalue weighted by Crippen LogP contribution is -2.13. The summed E-state index contributed by atoms with van der Waals surface area (Å²) in [6, 6.07) is 0. The van der Waals surface area contributed by atoms with Crippen molar-refractivity contribution in [2.24, 2.45) is 5.92 Å². The minimum absolute atomic E-state index is 0.776. The molecule has 96 valence electrons. The Balaban J connectivity index is 1.76. The summed E-state index contributed by atoms with van der Waals surface area (Å²) in [4.78, 5) is 4.39. The molecule has 0 aliphatic carbocycles. The monoisotopic (exact) mass is 254 g/mol. The Bertz CT molecular complexity index is 321. The normalized spacial score (nSPS) is 20.6. The number of oxazole rings is 1. The molecule has 2 rings (SSSR count). The Labute approximate surface area is 108 Å². The van der Waals surface area contributed by atoms with Gasteiger partial charge in [-0.3, -0.25) is 0 Å². The molecular formula is C13H22N2OS. The summed E-state index contributed by atoms with van der Waals surface area (Å²) < 4.78 is 5.78. The van der Waals surface area contributed by atoms with Crippen LogP contribution < -0.4 is 5.32 Å². The predicted molar refractivity (Wildman–Crippen MR) is 72.5 cm³/mol. The molecule has 1 atom stereocenters. The zero-order valence-corrected chi connectivity index (χ0v) is 11.4. The van der Waals surface area contributed by atoms with Gasteiger partial charge >= 0.3 is 0 Å². The van der Waals surface area contributed by atoms with Crippen LogP contribution in [0.2, 0.25) is 0 Å². The fourth-order valence-electron chi connectivity index (χ4n) is 2.21. The molecular weight excluding hydrogens is 232 g/mol. The summed E-state index contributed by atoms with van der Waals surface area (Å²) in [6.07, 6.45) is 7.73. The van der Waals surface area contributed by atoms with E-state index in [2.05, 4.69) is 22.1 Å². The number of aryl methyl sites for hydroxylation is 1. The molecule has 1 aromatic heterocycles. The molecule has 1 unspecified atom stereocenters. The SMILES string of the molecule is CNCCCc1cnc(CC2CCCSC2)o1. The maximum atomic E-state index is 5.78. The van der Waals surface area contributed by atoms with Gasteiger partial charge in [0.1, 0.15) is 5.76 Å². The molecule has 0 bridgehead atoms. The molecule has 0 saturated carbocycles. The van der Waals surface area contributed by atoms with Gasteiger partial charge in [-0.2, -0.15) is 11.8 Å². The van der Waals surface area contributed by atoms with Crippen molar-refractivity contribution in [1.82, 2.24) is 10.3 Å². The van der Waals surface area contributed by atoms with Gasteiger partial charge in [0.25, 0.3) is 0 Å². The number of nitrogens with one attached hydrogen (secondary N) is 1. The van der Waals surface area contributed by atoms with Crippen LogP contribution in [0.5, 0.6) is 0 Å². The summed E-state index contributed by atoms with van der Waals surface area (Å²) in [7, 11) is 1.98. The average molecular weight is 254 g/mol. The lowest BCUT2D eigenvalue weighted by Gasteiger charge is -2.19. The van der Waals surface area contributed by atoms with Crippen molar-refractivity contribution < 1.29 is 4.42 Å². The number of hydrogen-bond acceptors (Lipinski definition) is 4. The fourth-order valence-corrected chi connectivity index (χ4v) is 3.37. The first-order valence-corrected chi connectivity index (χ1v) is 7.70. The van der Waals surface area contributed by atoms with Gasteiger partial charge in [0.2, 0.25) is 0 Å². The van der Waals surface area contributed by atoms with Crippen molar-refractivity contribution in [3.63, 3.8) is 0 Å². The van der Waals surface area contributed by atoms with Crippen LogP contribution in [0.25, 0.3) is 0 Å². The van der Waals surface area contributed by atoms with Crippen LogP contribution in [0.1, 0.15) is 30.9 Å². The molecule has 2 heterocycles. The molecule has 3 nitrogen and oxygen atoms in total. The molecule has 1 N–H and O–H groups in total. The molecule has 1 fully saturated rings. The molecule has 1 aliphatic rings. The summed E-state index contributed by atoms with van der Waals surface area (Å²) in [6.45, 7) is 1.04. The van der Waals surface area contributed by atoms with Crippen LogP contribution in [-0.2, 0) is 12.8 Å². The van der Waals surface area contributed by atoms with Crippen LogP contribution in [0.15, 0.2) is 10.6 Å². The Morgan fingerprint density at radius 1 is 1.59 bits per heavy atom. The smallest absolute Gasteiger partial charge is 0.194 e.